The van der Waals surface area contributed by atoms with Crippen molar-refractivity contribution in [2.45, 2.75) is 26.7 Å². The topological polar surface area (TPSA) is 76.2 Å². The molecule has 0 unspecified atom stereocenters. The molecule has 0 bridgehead atoms. The van der Waals surface area contributed by atoms with E-state index < -0.39 is 0 Å². The van der Waals surface area contributed by atoms with Gasteiger partial charge in [-0.25, -0.2) is 4.98 Å². The predicted molar refractivity (Wildman–Crippen MR) is 106 cm³/mol. The van der Waals surface area contributed by atoms with Crippen LogP contribution in [0.3, 0.4) is 0 Å². The fraction of sp³-hybridized carbons (Fsp3) is 0.333. The van der Waals surface area contributed by atoms with Crippen LogP contribution in [-0.2, 0) is 6.42 Å². The van der Waals surface area contributed by atoms with E-state index in [9.17, 15) is 4.79 Å². The molecule has 0 atom stereocenters. The minimum Gasteiger partial charge on any atom is -0.490 e. The number of rotatable bonds is 9. The largest absolute Gasteiger partial charge is 0.490 e. The quantitative estimate of drug-likeness (QED) is 0.604. The van der Waals surface area contributed by atoms with E-state index in [4.69, 9.17) is 9.47 Å². The lowest BCUT2D eigenvalue weighted by Crippen LogP contribution is -2.26. The molecule has 1 aromatic heterocycles. The van der Waals surface area contributed by atoms with Crippen LogP contribution in [0.4, 0.5) is 0 Å². The van der Waals surface area contributed by atoms with Crippen molar-refractivity contribution >= 4 is 16.9 Å². The summed E-state index contributed by atoms with van der Waals surface area (Å²) in [5.41, 5.74) is 2.48. The summed E-state index contributed by atoms with van der Waals surface area (Å²) in [6.07, 6.45) is 1.55. The molecular weight excluding hydrogens is 342 g/mol. The molecular formula is C21H25N3O3. The highest BCUT2D eigenvalue weighted by atomic mass is 16.5. The van der Waals surface area contributed by atoms with Crippen LogP contribution in [0.1, 0.15) is 36.5 Å². The van der Waals surface area contributed by atoms with Gasteiger partial charge >= 0.3 is 0 Å². The summed E-state index contributed by atoms with van der Waals surface area (Å²) in [4.78, 5) is 20.2. The number of imidazole rings is 1. The predicted octanol–water partition coefficient (Wildman–Crippen LogP) is 3.72. The van der Waals surface area contributed by atoms with Gasteiger partial charge in [0.1, 0.15) is 5.82 Å². The zero-order chi connectivity index (χ0) is 19.1. The van der Waals surface area contributed by atoms with Crippen LogP contribution in [0.5, 0.6) is 11.5 Å². The summed E-state index contributed by atoms with van der Waals surface area (Å²) >= 11 is 0. The maximum atomic E-state index is 12.5. The fourth-order valence-corrected chi connectivity index (χ4v) is 2.77. The van der Waals surface area contributed by atoms with Crippen LogP contribution in [0, 0.1) is 0 Å². The summed E-state index contributed by atoms with van der Waals surface area (Å²) in [6, 6.07) is 13.1. The van der Waals surface area contributed by atoms with Crippen molar-refractivity contribution < 1.29 is 14.3 Å². The second-order valence-corrected chi connectivity index (χ2v) is 6.15. The number of carbonyl (C=O) groups excluding carboxylic acids is 1. The molecule has 0 saturated carbocycles. The van der Waals surface area contributed by atoms with Gasteiger partial charge < -0.3 is 19.8 Å². The van der Waals surface area contributed by atoms with Gasteiger partial charge in [0.15, 0.2) is 11.5 Å². The zero-order valence-corrected chi connectivity index (χ0v) is 15.7. The second kappa shape index (κ2) is 9.07. The van der Waals surface area contributed by atoms with Gasteiger partial charge in [0.05, 0.1) is 24.2 Å². The molecule has 1 amide bonds. The van der Waals surface area contributed by atoms with Crippen molar-refractivity contribution in [1.82, 2.24) is 15.3 Å². The molecule has 6 nitrogen and oxygen atoms in total. The fourth-order valence-electron chi connectivity index (χ4n) is 2.77. The van der Waals surface area contributed by atoms with Gasteiger partial charge in [-0.05, 0) is 43.7 Å². The molecule has 142 valence electrons. The average molecular weight is 367 g/mol. The van der Waals surface area contributed by atoms with E-state index in [0.29, 0.717) is 43.2 Å². The number of hydrogen-bond donors (Lipinski definition) is 2. The molecule has 3 aromatic rings. The second-order valence-electron chi connectivity index (χ2n) is 6.15. The molecule has 2 N–H and O–H groups in total. The number of benzene rings is 2. The molecule has 2 aromatic carbocycles. The van der Waals surface area contributed by atoms with E-state index in [0.717, 1.165) is 23.3 Å². The van der Waals surface area contributed by atoms with Crippen molar-refractivity contribution in [1.29, 1.82) is 0 Å². The maximum Gasteiger partial charge on any atom is 0.251 e. The molecule has 27 heavy (non-hydrogen) atoms. The van der Waals surface area contributed by atoms with Crippen LogP contribution >= 0.6 is 0 Å². The van der Waals surface area contributed by atoms with Crippen LogP contribution in [-0.4, -0.2) is 35.6 Å². The molecule has 0 spiro atoms. The summed E-state index contributed by atoms with van der Waals surface area (Å²) in [5.74, 6) is 1.97. The van der Waals surface area contributed by atoms with Gasteiger partial charge in [-0.1, -0.05) is 19.1 Å². The minimum atomic E-state index is -0.144. The number of H-pyrrole nitrogens is 1. The van der Waals surface area contributed by atoms with E-state index in [1.807, 2.05) is 38.1 Å². The number of fused-ring (bicyclic) bond motifs is 1. The molecule has 0 fully saturated rings. The zero-order valence-electron chi connectivity index (χ0n) is 15.7. The van der Waals surface area contributed by atoms with E-state index in [-0.39, 0.29) is 5.91 Å². The number of aromatic amines is 1. The highest BCUT2D eigenvalue weighted by Gasteiger charge is 2.12. The maximum absolute atomic E-state index is 12.5. The Morgan fingerprint density at radius 2 is 1.96 bits per heavy atom. The first-order valence-corrected chi connectivity index (χ1v) is 9.32. The Morgan fingerprint density at radius 1 is 1.11 bits per heavy atom. The third-order valence-corrected chi connectivity index (χ3v) is 4.05. The number of para-hydroxylation sites is 2. The van der Waals surface area contributed by atoms with Crippen LogP contribution in [0.25, 0.3) is 11.0 Å². The Hall–Kier alpha value is -3.02. The Bertz CT molecular complexity index is 872. The Kier molecular flexibility index (Phi) is 6.30. The Morgan fingerprint density at radius 3 is 2.74 bits per heavy atom. The SMILES string of the molecule is CCCOc1ccc(C(=O)NCCc2nc3ccccc3[nH]2)cc1OCC. The molecule has 0 aliphatic rings. The molecule has 6 heteroatoms. The van der Waals surface area contributed by atoms with Crippen molar-refractivity contribution in [2.75, 3.05) is 19.8 Å². The van der Waals surface area contributed by atoms with Crippen molar-refractivity contribution in [2.24, 2.45) is 0 Å². The van der Waals surface area contributed by atoms with E-state index in [1.54, 1.807) is 18.2 Å². The Balaban J connectivity index is 1.60. The number of nitrogens with zero attached hydrogens (tertiary/aromatic N) is 1. The third-order valence-electron chi connectivity index (χ3n) is 4.05. The van der Waals surface area contributed by atoms with E-state index in [2.05, 4.69) is 15.3 Å². The molecule has 3 rings (SSSR count). The summed E-state index contributed by atoms with van der Waals surface area (Å²) in [7, 11) is 0. The molecule has 0 saturated heterocycles. The van der Waals surface area contributed by atoms with Crippen LogP contribution in [0.2, 0.25) is 0 Å². The van der Waals surface area contributed by atoms with Gasteiger partial charge in [0.25, 0.3) is 5.91 Å². The molecule has 1 heterocycles. The van der Waals surface area contributed by atoms with Gasteiger partial charge in [-0.15, -0.1) is 0 Å². The van der Waals surface area contributed by atoms with Gasteiger partial charge in [0.2, 0.25) is 0 Å². The lowest BCUT2D eigenvalue weighted by Gasteiger charge is -2.13. The van der Waals surface area contributed by atoms with E-state index >= 15 is 0 Å². The van der Waals surface area contributed by atoms with Crippen LogP contribution in [0.15, 0.2) is 42.5 Å². The standard InChI is InChI=1S/C21H25N3O3/c1-3-13-27-18-10-9-15(14-19(18)26-4-2)21(25)22-12-11-20-23-16-7-5-6-8-17(16)24-20/h5-10,14H,3-4,11-13H2,1-2H3,(H,22,25)(H,23,24). The van der Waals surface area contributed by atoms with Gasteiger partial charge in [-0.2, -0.15) is 0 Å². The third kappa shape index (κ3) is 4.78. The first-order valence-electron chi connectivity index (χ1n) is 9.32. The Labute approximate surface area is 158 Å². The molecule has 0 aliphatic carbocycles. The first-order chi connectivity index (χ1) is 13.2. The smallest absolute Gasteiger partial charge is 0.251 e. The number of carbonyl (C=O) groups is 1. The van der Waals surface area contributed by atoms with Crippen molar-refractivity contribution in [3.63, 3.8) is 0 Å². The number of ether oxygens (including phenoxy) is 2. The lowest BCUT2D eigenvalue weighted by molar-refractivity contribution is 0.0953. The molecule has 0 radical (unpaired) electrons. The van der Waals surface area contributed by atoms with Crippen LogP contribution < -0.4 is 14.8 Å². The number of nitrogens with one attached hydrogen (secondary N) is 2. The summed E-state index contributed by atoms with van der Waals surface area (Å²) in [6.45, 7) is 5.58. The number of hydrogen-bond acceptors (Lipinski definition) is 4. The number of amides is 1. The monoisotopic (exact) mass is 367 g/mol. The van der Waals surface area contributed by atoms with E-state index in [1.165, 1.54) is 0 Å². The number of aromatic nitrogens is 2. The van der Waals surface area contributed by atoms with Crippen molar-refractivity contribution in [3.8, 4) is 11.5 Å². The lowest BCUT2D eigenvalue weighted by atomic mass is 10.2. The average Bonchev–Trinajstić information content (AvgIpc) is 3.10. The molecule has 0 aliphatic heterocycles. The van der Waals surface area contributed by atoms with Crippen molar-refractivity contribution in [3.05, 3.63) is 53.9 Å². The normalized spacial score (nSPS) is 10.7. The summed E-state index contributed by atoms with van der Waals surface area (Å²) in [5, 5.41) is 2.93. The van der Waals surface area contributed by atoms with Gasteiger partial charge in [0, 0.05) is 18.5 Å². The highest BCUT2D eigenvalue weighted by Crippen LogP contribution is 2.28. The first kappa shape index (κ1) is 18.8. The minimum absolute atomic E-state index is 0.144. The highest BCUT2D eigenvalue weighted by molar-refractivity contribution is 5.94. The summed E-state index contributed by atoms with van der Waals surface area (Å²) < 4.78 is 11.3. The van der Waals surface area contributed by atoms with Gasteiger partial charge in [-0.3, -0.25) is 4.79 Å².